The maximum atomic E-state index is 12.4. The van der Waals surface area contributed by atoms with Crippen molar-refractivity contribution in [2.45, 2.75) is 38.1 Å². The van der Waals surface area contributed by atoms with Crippen LogP contribution >= 0.6 is 11.3 Å². The fraction of sp³-hybridized carbons (Fsp3) is 0.280. The zero-order valence-corrected chi connectivity index (χ0v) is 19.4. The summed E-state index contributed by atoms with van der Waals surface area (Å²) in [7, 11) is 0. The van der Waals surface area contributed by atoms with Gasteiger partial charge in [-0.05, 0) is 28.7 Å². The first-order valence-corrected chi connectivity index (χ1v) is 11.9. The number of benzene rings is 2. The number of aromatic nitrogens is 1. The summed E-state index contributed by atoms with van der Waals surface area (Å²) in [5.41, 5.74) is 4.64. The summed E-state index contributed by atoms with van der Waals surface area (Å²) in [6.07, 6.45) is 0.476. The van der Waals surface area contributed by atoms with E-state index in [1.807, 2.05) is 43.3 Å². The predicted molar refractivity (Wildman–Crippen MR) is 129 cm³/mol. The van der Waals surface area contributed by atoms with Crippen LogP contribution in [0, 0.1) is 0 Å². The van der Waals surface area contributed by atoms with E-state index in [2.05, 4.69) is 27.8 Å². The minimum absolute atomic E-state index is 0.0551. The average molecular weight is 480 g/mol. The highest BCUT2D eigenvalue weighted by Gasteiger charge is 2.29. The van der Waals surface area contributed by atoms with Crippen molar-refractivity contribution in [2.24, 2.45) is 0 Å². The van der Waals surface area contributed by atoms with E-state index in [4.69, 9.17) is 9.84 Å². The monoisotopic (exact) mass is 479 g/mol. The molecule has 9 heteroatoms. The molecular weight excluding hydrogens is 454 g/mol. The average Bonchev–Trinajstić information content (AvgIpc) is 3.40. The minimum Gasteiger partial charge on any atom is -0.481 e. The molecule has 0 aliphatic heterocycles. The molecule has 0 saturated carbocycles. The van der Waals surface area contributed by atoms with Crippen molar-refractivity contribution in [3.05, 3.63) is 70.7 Å². The Morgan fingerprint density at radius 2 is 1.74 bits per heavy atom. The van der Waals surface area contributed by atoms with Crippen LogP contribution in [0.5, 0.6) is 0 Å². The molecule has 2 aromatic carbocycles. The van der Waals surface area contributed by atoms with Crippen LogP contribution < -0.4 is 10.6 Å². The second-order valence-corrected chi connectivity index (χ2v) is 8.90. The first-order valence-electron chi connectivity index (χ1n) is 11.1. The predicted octanol–water partition coefficient (Wildman–Crippen LogP) is 4.88. The molecule has 8 nitrogen and oxygen atoms in total. The number of fused-ring (bicyclic) bond motifs is 3. The molecule has 1 aliphatic rings. The van der Waals surface area contributed by atoms with E-state index < -0.39 is 24.0 Å². The van der Waals surface area contributed by atoms with Crippen LogP contribution in [0.4, 0.5) is 9.93 Å². The molecule has 0 fully saturated rings. The summed E-state index contributed by atoms with van der Waals surface area (Å²) in [6.45, 7) is 2.09. The smallest absolute Gasteiger partial charge is 0.413 e. The molecule has 34 heavy (non-hydrogen) atoms. The van der Waals surface area contributed by atoms with Gasteiger partial charge in [0.2, 0.25) is 0 Å². The topological polar surface area (TPSA) is 118 Å². The molecule has 0 spiro atoms. The van der Waals surface area contributed by atoms with Gasteiger partial charge in [-0.3, -0.25) is 14.9 Å². The first kappa shape index (κ1) is 23.4. The first-order chi connectivity index (χ1) is 16.5. The number of ether oxygens (including phenoxy) is 1. The number of nitrogens with one attached hydrogen (secondary N) is 2. The molecule has 3 aromatic rings. The van der Waals surface area contributed by atoms with E-state index in [9.17, 15) is 14.4 Å². The van der Waals surface area contributed by atoms with E-state index in [1.165, 1.54) is 5.38 Å². The summed E-state index contributed by atoms with van der Waals surface area (Å²) >= 11 is 1.10. The Bertz CT molecular complexity index is 1160. The Morgan fingerprint density at radius 1 is 1.09 bits per heavy atom. The summed E-state index contributed by atoms with van der Waals surface area (Å²) in [5.74, 6) is -1.51. The molecule has 3 N–H and O–H groups in total. The third-order valence-corrected chi connectivity index (χ3v) is 6.44. The molecule has 0 radical (unpaired) electrons. The number of amides is 2. The van der Waals surface area contributed by atoms with E-state index >= 15 is 0 Å². The maximum Gasteiger partial charge on any atom is 0.413 e. The maximum absolute atomic E-state index is 12.4. The number of aliphatic carboxylic acids is 1. The Balaban J connectivity index is 1.35. The van der Waals surface area contributed by atoms with E-state index in [0.717, 1.165) is 40.0 Å². The Hall–Kier alpha value is -3.72. The number of carbonyl (C=O) groups is 3. The lowest BCUT2D eigenvalue weighted by Crippen LogP contribution is -2.36. The van der Waals surface area contributed by atoms with Gasteiger partial charge in [0, 0.05) is 17.3 Å². The molecule has 1 aliphatic carbocycles. The number of thiazole rings is 1. The van der Waals surface area contributed by atoms with Gasteiger partial charge in [-0.1, -0.05) is 61.9 Å². The zero-order chi connectivity index (χ0) is 24.1. The Morgan fingerprint density at radius 3 is 2.35 bits per heavy atom. The summed E-state index contributed by atoms with van der Waals surface area (Å²) in [5, 5.41) is 16.0. The van der Waals surface area contributed by atoms with Gasteiger partial charge in [0.05, 0.1) is 6.42 Å². The summed E-state index contributed by atoms with van der Waals surface area (Å²) < 4.78 is 5.50. The standard InChI is InChI=1S/C25H25N3O5S/c1-2-7-15(12-22(29)30)26-23(31)21-14-34-24(27-21)28-25(32)33-13-20-18-10-5-3-8-16(18)17-9-4-6-11-19(17)20/h3-6,8-11,14-15,20H,2,7,12-13H2,1H3,(H,26,31)(H,29,30)(H,27,28,32)/t15-/m0/s1. The van der Waals surface area contributed by atoms with Gasteiger partial charge in [-0.2, -0.15) is 0 Å². The third-order valence-electron chi connectivity index (χ3n) is 5.68. The Labute approximate surface area is 201 Å². The molecule has 1 atom stereocenters. The van der Waals surface area contributed by atoms with Gasteiger partial charge in [0.1, 0.15) is 12.3 Å². The van der Waals surface area contributed by atoms with E-state index in [0.29, 0.717) is 6.42 Å². The van der Waals surface area contributed by atoms with E-state index in [-0.39, 0.29) is 29.8 Å². The van der Waals surface area contributed by atoms with Crippen LogP contribution in [0.25, 0.3) is 11.1 Å². The van der Waals surface area contributed by atoms with Gasteiger partial charge in [0.25, 0.3) is 5.91 Å². The lowest BCUT2D eigenvalue weighted by atomic mass is 9.98. The van der Waals surface area contributed by atoms with Crippen molar-refractivity contribution < 1.29 is 24.2 Å². The molecule has 0 bridgehead atoms. The summed E-state index contributed by atoms with van der Waals surface area (Å²) in [4.78, 5) is 40.0. The molecular formula is C25H25N3O5S. The fourth-order valence-electron chi connectivity index (χ4n) is 4.20. The van der Waals surface area contributed by atoms with Gasteiger partial charge in [0.15, 0.2) is 5.13 Å². The van der Waals surface area contributed by atoms with Crippen molar-refractivity contribution in [2.75, 3.05) is 11.9 Å². The van der Waals surface area contributed by atoms with Crippen LogP contribution in [0.3, 0.4) is 0 Å². The molecule has 1 heterocycles. The SMILES string of the molecule is CCC[C@@H](CC(=O)O)NC(=O)c1csc(NC(=O)OCC2c3ccccc3-c3ccccc32)n1. The van der Waals surface area contributed by atoms with Crippen LogP contribution in [-0.2, 0) is 9.53 Å². The highest BCUT2D eigenvalue weighted by Crippen LogP contribution is 2.44. The second kappa shape index (κ2) is 10.5. The van der Waals surface area contributed by atoms with Crippen molar-refractivity contribution in [1.82, 2.24) is 10.3 Å². The van der Waals surface area contributed by atoms with Crippen molar-refractivity contribution in [3.63, 3.8) is 0 Å². The zero-order valence-electron chi connectivity index (χ0n) is 18.6. The van der Waals surface area contributed by atoms with Gasteiger partial charge < -0.3 is 15.2 Å². The van der Waals surface area contributed by atoms with Crippen molar-refractivity contribution in [1.29, 1.82) is 0 Å². The molecule has 1 aromatic heterocycles. The second-order valence-electron chi connectivity index (χ2n) is 8.05. The molecule has 4 rings (SSSR count). The minimum atomic E-state index is -0.977. The van der Waals surface area contributed by atoms with Crippen LogP contribution in [-0.4, -0.2) is 40.7 Å². The quantitative estimate of drug-likeness (QED) is 0.403. The number of rotatable bonds is 9. The molecule has 2 amide bonds. The van der Waals surface area contributed by atoms with Gasteiger partial charge in [-0.15, -0.1) is 11.3 Å². The van der Waals surface area contributed by atoms with Gasteiger partial charge in [-0.25, -0.2) is 9.78 Å². The lowest BCUT2D eigenvalue weighted by Gasteiger charge is -2.15. The molecule has 0 unspecified atom stereocenters. The number of carboxylic acid groups (broad SMARTS) is 1. The molecule has 0 saturated heterocycles. The lowest BCUT2D eigenvalue weighted by molar-refractivity contribution is -0.137. The highest BCUT2D eigenvalue weighted by molar-refractivity contribution is 7.14. The number of hydrogen-bond acceptors (Lipinski definition) is 6. The number of carbonyl (C=O) groups excluding carboxylic acids is 2. The number of nitrogens with zero attached hydrogens (tertiary/aromatic N) is 1. The number of hydrogen-bond donors (Lipinski definition) is 3. The normalized spacial score (nSPS) is 13.0. The molecule has 176 valence electrons. The third kappa shape index (κ3) is 5.26. The van der Waals surface area contributed by atoms with Gasteiger partial charge >= 0.3 is 12.1 Å². The fourth-order valence-corrected chi connectivity index (χ4v) is 4.88. The number of anilines is 1. The highest BCUT2D eigenvalue weighted by atomic mass is 32.1. The van der Waals surface area contributed by atoms with Crippen molar-refractivity contribution >= 4 is 34.4 Å². The van der Waals surface area contributed by atoms with Crippen molar-refractivity contribution in [3.8, 4) is 11.1 Å². The summed E-state index contributed by atoms with van der Waals surface area (Å²) in [6, 6.07) is 15.7. The Kier molecular flexibility index (Phi) is 7.22. The van der Waals surface area contributed by atoms with E-state index in [1.54, 1.807) is 0 Å². The van der Waals surface area contributed by atoms with Crippen LogP contribution in [0.15, 0.2) is 53.9 Å². The largest absolute Gasteiger partial charge is 0.481 e. The van der Waals surface area contributed by atoms with Crippen LogP contribution in [0.1, 0.15) is 53.7 Å². The number of carboxylic acids is 1. The van der Waals surface area contributed by atoms with Crippen LogP contribution in [0.2, 0.25) is 0 Å².